The Labute approximate surface area is 180 Å². The van der Waals surface area contributed by atoms with Crippen LogP contribution < -0.4 is 5.32 Å². The lowest BCUT2D eigenvalue weighted by Crippen LogP contribution is -2.43. The summed E-state index contributed by atoms with van der Waals surface area (Å²) < 4.78 is 27.7. The number of thiophene rings is 1. The summed E-state index contributed by atoms with van der Waals surface area (Å²) in [4.78, 5) is 32.0. The van der Waals surface area contributed by atoms with Gasteiger partial charge < -0.3 is 10.2 Å². The second kappa shape index (κ2) is 9.01. The molecule has 0 bridgehead atoms. The molecular formula is C21H19F2N3O2S2. The normalized spacial score (nSPS) is 14.7. The van der Waals surface area contributed by atoms with Crippen molar-refractivity contribution in [3.05, 3.63) is 64.0 Å². The lowest BCUT2D eigenvalue weighted by molar-refractivity contribution is -0.126. The number of piperidine rings is 1. The van der Waals surface area contributed by atoms with E-state index in [0.29, 0.717) is 19.4 Å². The van der Waals surface area contributed by atoms with Gasteiger partial charge in [-0.15, -0.1) is 22.7 Å². The van der Waals surface area contributed by atoms with Crippen LogP contribution in [0.25, 0.3) is 9.88 Å². The van der Waals surface area contributed by atoms with Crippen molar-refractivity contribution in [1.82, 2.24) is 15.2 Å². The van der Waals surface area contributed by atoms with Crippen LogP contribution in [0, 0.1) is 17.6 Å². The quantitative estimate of drug-likeness (QED) is 0.634. The van der Waals surface area contributed by atoms with Gasteiger partial charge in [0.2, 0.25) is 5.91 Å². The average molecular weight is 448 g/mol. The molecule has 156 valence electrons. The van der Waals surface area contributed by atoms with E-state index >= 15 is 0 Å². The monoisotopic (exact) mass is 447 g/mol. The van der Waals surface area contributed by atoms with Crippen LogP contribution in [-0.2, 0) is 11.3 Å². The Morgan fingerprint density at radius 1 is 1.10 bits per heavy atom. The largest absolute Gasteiger partial charge is 0.350 e. The fraction of sp³-hybridized carbons (Fsp3) is 0.286. The predicted octanol–water partition coefficient (Wildman–Crippen LogP) is 4.32. The Morgan fingerprint density at radius 2 is 1.83 bits per heavy atom. The molecule has 1 aromatic carbocycles. The zero-order valence-electron chi connectivity index (χ0n) is 15.9. The van der Waals surface area contributed by atoms with Crippen LogP contribution >= 0.6 is 22.7 Å². The summed E-state index contributed by atoms with van der Waals surface area (Å²) in [6, 6.07) is 7.34. The molecule has 0 aliphatic carbocycles. The number of nitrogens with one attached hydrogen (secondary N) is 1. The van der Waals surface area contributed by atoms with Crippen molar-refractivity contribution in [3.63, 3.8) is 0 Å². The second-order valence-corrected chi connectivity index (χ2v) is 8.81. The summed E-state index contributed by atoms with van der Waals surface area (Å²) in [6.07, 6.45) is 0.899. The number of rotatable bonds is 5. The van der Waals surface area contributed by atoms with Gasteiger partial charge in [-0.2, -0.15) is 0 Å². The molecule has 2 aromatic heterocycles. The van der Waals surface area contributed by atoms with Gasteiger partial charge >= 0.3 is 0 Å². The number of amides is 2. The maximum Gasteiger partial charge on any atom is 0.259 e. The SMILES string of the molecule is O=C(NCc1csc(-c2cccs2)n1)C1CCN(C(=O)c2c(F)cccc2F)CC1. The van der Waals surface area contributed by atoms with Gasteiger partial charge in [-0.25, -0.2) is 13.8 Å². The van der Waals surface area contributed by atoms with Gasteiger partial charge in [-0.1, -0.05) is 12.1 Å². The summed E-state index contributed by atoms with van der Waals surface area (Å²) in [6.45, 7) is 0.911. The molecule has 9 heteroatoms. The van der Waals surface area contributed by atoms with Crippen molar-refractivity contribution in [1.29, 1.82) is 0 Å². The standard InChI is InChI=1S/C21H19F2N3O2S2/c22-15-3-1-4-16(23)18(15)21(28)26-8-6-13(7-9-26)19(27)24-11-14-12-30-20(25-14)17-5-2-10-29-17/h1-5,10,12-13H,6-9,11H2,(H,24,27). The fourth-order valence-electron chi connectivity index (χ4n) is 3.43. The first-order chi connectivity index (χ1) is 14.5. The van der Waals surface area contributed by atoms with Crippen molar-refractivity contribution in [2.24, 2.45) is 5.92 Å². The molecule has 0 unspecified atom stereocenters. The van der Waals surface area contributed by atoms with E-state index in [9.17, 15) is 18.4 Å². The van der Waals surface area contributed by atoms with Gasteiger partial charge in [0, 0.05) is 24.4 Å². The number of thiazole rings is 1. The van der Waals surface area contributed by atoms with E-state index in [0.717, 1.165) is 27.7 Å². The third kappa shape index (κ3) is 4.41. The van der Waals surface area contributed by atoms with Crippen LogP contribution in [-0.4, -0.2) is 34.8 Å². The lowest BCUT2D eigenvalue weighted by atomic mass is 9.95. The molecule has 1 aliphatic heterocycles. The van der Waals surface area contributed by atoms with Crippen LogP contribution in [0.5, 0.6) is 0 Å². The van der Waals surface area contributed by atoms with Crippen molar-refractivity contribution in [2.45, 2.75) is 19.4 Å². The van der Waals surface area contributed by atoms with E-state index in [1.807, 2.05) is 22.9 Å². The van der Waals surface area contributed by atoms with E-state index in [4.69, 9.17) is 0 Å². The molecule has 0 saturated carbocycles. The zero-order valence-corrected chi connectivity index (χ0v) is 17.6. The molecule has 3 aromatic rings. The molecule has 30 heavy (non-hydrogen) atoms. The number of halogens is 2. The van der Waals surface area contributed by atoms with Gasteiger partial charge in [0.15, 0.2) is 0 Å². The molecule has 0 spiro atoms. The van der Waals surface area contributed by atoms with Crippen LogP contribution in [0.1, 0.15) is 28.9 Å². The summed E-state index contributed by atoms with van der Waals surface area (Å²) in [5.41, 5.74) is 0.268. The molecule has 1 N–H and O–H groups in total. The highest BCUT2D eigenvalue weighted by atomic mass is 32.1. The first kappa shape index (κ1) is 20.6. The lowest BCUT2D eigenvalue weighted by Gasteiger charge is -2.31. The average Bonchev–Trinajstić information content (AvgIpc) is 3.44. The molecule has 3 heterocycles. The zero-order chi connectivity index (χ0) is 21.1. The fourth-order valence-corrected chi connectivity index (χ4v) is 5.06. The number of nitrogens with zero attached hydrogens (tertiary/aromatic N) is 2. The number of aromatic nitrogens is 1. The van der Waals surface area contributed by atoms with E-state index in [1.165, 1.54) is 11.0 Å². The number of hydrogen-bond acceptors (Lipinski definition) is 5. The second-order valence-electron chi connectivity index (χ2n) is 7.00. The predicted molar refractivity (Wildman–Crippen MR) is 112 cm³/mol. The Balaban J connectivity index is 1.29. The Hall–Kier alpha value is -2.65. The molecule has 1 saturated heterocycles. The molecule has 1 aliphatic rings. The smallest absolute Gasteiger partial charge is 0.259 e. The van der Waals surface area contributed by atoms with E-state index in [-0.39, 0.29) is 24.9 Å². The maximum atomic E-state index is 13.9. The third-order valence-electron chi connectivity index (χ3n) is 5.06. The number of carbonyl (C=O) groups excluding carboxylic acids is 2. The van der Waals surface area contributed by atoms with Crippen LogP contribution in [0.4, 0.5) is 8.78 Å². The van der Waals surface area contributed by atoms with Crippen LogP contribution in [0.2, 0.25) is 0 Å². The first-order valence-electron chi connectivity index (χ1n) is 9.52. The summed E-state index contributed by atoms with van der Waals surface area (Å²) >= 11 is 3.16. The summed E-state index contributed by atoms with van der Waals surface area (Å²) in [5, 5.41) is 7.76. The minimum absolute atomic E-state index is 0.0927. The summed E-state index contributed by atoms with van der Waals surface area (Å²) in [5.74, 6) is -2.75. The van der Waals surface area contributed by atoms with E-state index in [2.05, 4.69) is 10.3 Å². The first-order valence-corrected chi connectivity index (χ1v) is 11.3. The van der Waals surface area contributed by atoms with Crippen LogP contribution in [0.3, 0.4) is 0 Å². The highest BCUT2D eigenvalue weighted by Crippen LogP contribution is 2.28. The van der Waals surface area contributed by atoms with Gasteiger partial charge in [0.25, 0.3) is 5.91 Å². The molecule has 0 radical (unpaired) electrons. The van der Waals surface area contributed by atoms with E-state index < -0.39 is 23.1 Å². The molecule has 5 nitrogen and oxygen atoms in total. The Bertz CT molecular complexity index is 1020. The van der Waals surface area contributed by atoms with Gasteiger partial charge in [0.1, 0.15) is 22.2 Å². The number of benzene rings is 1. The number of hydrogen-bond donors (Lipinski definition) is 1. The number of likely N-dealkylation sites (tertiary alicyclic amines) is 1. The molecular weight excluding hydrogens is 428 g/mol. The summed E-state index contributed by atoms with van der Waals surface area (Å²) in [7, 11) is 0. The minimum atomic E-state index is -0.870. The number of carbonyl (C=O) groups is 2. The highest BCUT2D eigenvalue weighted by molar-refractivity contribution is 7.20. The van der Waals surface area contributed by atoms with Crippen molar-refractivity contribution in [3.8, 4) is 9.88 Å². The third-order valence-corrected chi connectivity index (χ3v) is 6.99. The molecule has 2 amide bonds. The van der Waals surface area contributed by atoms with E-state index in [1.54, 1.807) is 22.7 Å². The Morgan fingerprint density at radius 3 is 2.50 bits per heavy atom. The Kier molecular flexibility index (Phi) is 6.19. The molecule has 4 rings (SSSR count). The van der Waals surface area contributed by atoms with Gasteiger partial charge in [-0.3, -0.25) is 9.59 Å². The van der Waals surface area contributed by atoms with Gasteiger partial charge in [0.05, 0.1) is 17.1 Å². The highest BCUT2D eigenvalue weighted by Gasteiger charge is 2.30. The minimum Gasteiger partial charge on any atom is -0.350 e. The van der Waals surface area contributed by atoms with Gasteiger partial charge in [-0.05, 0) is 36.4 Å². The molecule has 1 fully saturated rings. The molecule has 0 atom stereocenters. The van der Waals surface area contributed by atoms with Crippen molar-refractivity contribution in [2.75, 3.05) is 13.1 Å². The van der Waals surface area contributed by atoms with Crippen molar-refractivity contribution >= 4 is 34.5 Å². The van der Waals surface area contributed by atoms with Crippen LogP contribution in [0.15, 0.2) is 41.1 Å². The van der Waals surface area contributed by atoms with Crippen molar-refractivity contribution < 1.29 is 18.4 Å². The maximum absolute atomic E-state index is 13.9. The topological polar surface area (TPSA) is 62.3 Å².